The molecule has 0 spiro atoms. The summed E-state index contributed by atoms with van der Waals surface area (Å²) in [6.07, 6.45) is 3.73. The van der Waals surface area contributed by atoms with Gasteiger partial charge in [0.15, 0.2) is 11.5 Å². The first-order valence-electron chi connectivity index (χ1n) is 8.14. The highest BCUT2D eigenvalue weighted by Gasteiger charge is 2.26. The van der Waals surface area contributed by atoms with Crippen LogP contribution in [0, 0.1) is 0 Å². The number of ether oxygens (including phenoxy) is 2. The number of nitrogens with zero attached hydrogens (tertiary/aromatic N) is 2. The minimum atomic E-state index is 0.354. The van der Waals surface area contributed by atoms with E-state index >= 15 is 0 Å². The van der Waals surface area contributed by atoms with Gasteiger partial charge in [-0.15, -0.1) is 0 Å². The van der Waals surface area contributed by atoms with E-state index in [2.05, 4.69) is 33.4 Å². The third-order valence-electron chi connectivity index (χ3n) is 4.47. The van der Waals surface area contributed by atoms with Gasteiger partial charge in [0.2, 0.25) is 0 Å². The first-order chi connectivity index (χ1) is 11.4. The van der Waals surface area contributed by atoms with E-state index in [4.69, 9.17) is 9.47 Å². The van der Waals surface area contributed by atoms with Crippen LogP contribution < -0.4 is 14.8 Å². The van der Waals surface area contributed by atoms with Crippen LogP contribution in [0.4, 0.5) is 0 Å². The fraction of sp³-hybridized carbons (Fsp3) is 0.389. The summed E-state index contributed by atoms with van der Waals surface area (Å²) in [6, 6.07) is 10.7. The number of hydrogen-bond acceptors (Lipinski definition) is 5. The Kier molecular flexibility index (Phi) is 4.13. The summed E-state index contributed by atoms with van der Waals surface area (Å²) in [5.41, 5.74) is 2.50. The van der Waals surface area contributed by atoms with Gasteiger partial charge in [-0.3, -0.25) is 9.88 Å². The Morgan fingerprint density at radius 1 is 1.13 bits per heavy atom. The largest absolute Gasteiger partial charge is 0.486 e. The van der Waals surface area contributed by atoms with Crippen LogP contribution in [0.3, 0.4) is 0 Å². The first-order valence-corrected chi connectivity index (χ1v) is 8.14. The van der Waals surface area contributed by atoms with E-state index in [-0.39, 0.29) is 0 Å². The molecule has 1 aromatic heterocycles. The molecule has 1 N–H and O–H groups in total. The lowest BCUT2D eigenvalue weighted by Crippen LogP contribution is -2.45. The molecule has 2 aromatic rings. The molecule has 0 amide bonds. The zero-order valence-corrected chi connectivity index (χ0v) is 13.1. The van der Waals surface area contributed by atoms with E-state index < -0.39 is 0 Å². The minimum absolute atomic E-state index is 0.354. The number of benzene rings is 1. The van der Waals surface area contributed by atoms with Crippen molar-refractivity contribution in [2.75, 3.05) is 32.8 Å². The summed E-state index contributed by atoms with van der Waals surface area (Å²) in [5, 5.41) is 3.49. The Hall–Kier alpha value is -2.11. The molecule has 1 saturated heterocycles. The fourth-order valence-electron chi connectivity index (χ4n) is 3.33. The molecule has 1 fully saturated rings. The quantitative estimate of drug-likeness (QED) is 0.939. The smallest absolute Gasteiger partial charge is 0.165 e. The van der Waals surface area contributed by atoms with Crippen LogP contribution in [0.25, 0.3) is 0 Å². The maximum Gasteiger partial charge on any atom is 0.165 e. The first kappa shape index (κ1) is 14.5. The van der Waals surface area contributed by atoms with Gasteiger partial charge in [-0.1, -0.05) is 12.1 Å². The minimum Gasteiger partial charge on any atom is -0.486 e. The highest BCUT2D eigenvalue weighted by molar-refractivity contribution is 5.47. The van der Waals surface area contributed by atoms with Crippen molar-refractivity contribution in [2.45, 2.75) is 12.6 Å². The van der Waals surface area contributed by atoms with Crippen LogP contribution >= 0.6 is 0 Å². The Balaban J connectivity index is 1.59. The lowest BCUT2D eigenvalue weighted by molar-refractivity contribution is 0.142. The molecular formula is C18H21N3O2. The molecule has 0 saturated carbocycles. The molecule has 2 aliphatic heterocycles. The van der Waals surface area contributed by atoms with E-state index in [1.54, 1.807) is 0 Å². The number of hydrogen-bond donors (Lipinski definition) is 1. The molecular weight excluding hydrogens is 290 g/mol. The summed E-state index contributed by atoms with van der Waals surface area (Å²) in [4.78, 5) is 6.63. The standard InChI is InChI=1S/C18H21N3O2/c1-2-15(18-17(3-1)22-10-11-23-18)13-21-9-8-20-12-16(21)14-4-6-19-7-5-14/h1-7,16,20H,8-13H2. The summed E-state index contributed by atoms with van der Waals surface area (Å²) >= 11 is 0. The number of aromatic nitrogens is 1. The van der Waals surface area contributed by atoms with Gasteiger partial charge in [-0.05, 0) is 23.8 Å². The van der Waals surface area contributed by atoms with Gasteiger partial charge < -0.3 is 14.8 Å². The normalized spacial score (nSPS) is 21.1. The Morgan fingerprint density at radius 2 is 2.00 bits per heavy atom. The van der Waals surface area contributed by atoms with Gasteiger partial charge in [-0.25, -0.2) is 0 Å². The second-order valence-electron chi connectivity index (χ2n) is 5.91. The van der Waals surface area contributed by atoms with Crippen LogP contribution in [0.2, 0.25) is 0 Å². The second kappa shape index (κ2) is 6.56. The summed E-state index contributed by atoms with van der Waals surface area (Å²) in [6.45, 7) is 5.09. The van der Waals surface area contributed by atoms with Crippen molar-refractivity contribution in [3.63, 3.8) is 0 Å². The van der Waals surface area contributed by atoms with Gasteiger partial charge in [0.05, 0.1) is 0 Å². The molecule has 5 nitrogen and oxygen atoms in total. The van der Waals surface area contributed by atoms with Crippen LogP contribution in [-0.2, 0) is 6.54 Å². The monoisotopic (exact) mass is 311 g/mol. The third-order valence-corrected chi connectivity index (χ3v) is 4.47. The van der Waals surface area contributed by atoms with Gasteiger partial charge in [-0.2, -0.15) is 0 Å². The number of rotatable bonds is 3. The molecule has 1 aromatic carbocycles. The van der Waals surface area contributed by atoms with E-state index in [1.165, 1.54) is 11.1 Å². The molecule has 1 atom stereocenters. The molecule has 4 rings (SSSR count). The van der Waals surface area contributed by atoms with Crippen molar-refractivity contribution in [3.05, 3.63) is 53.9 Å². The van der Waals surface area contributed by atoms with E-state index in [1.807, 2.05) is 24.5 Å². The van der Waals surface area contributed by atoms with Crippen molar-refractivity contribution in [1.29, 1.82) is 0 Å². The second-order valence-corrected chi connectivity index (χ2v) is 5.91. The molecule has 0 bridgehead atoms. The Labute approximate surface area is 136 Å². The van der Waals surface area contributed by atoms with E-state index in [0.717, 1.165) is 37.7 Å². The van der Waals surface area contributed by atoms with Crippen molar-refractivity contribution in [3.8, 4) is 11.5 Å². The average molecular weight is 311 g/mol. The van der Waals surface area contributed by atoms with Crippen LogP contribution in [-0.4, -0.2) is 42.7 Å². The van der Waals surface area contributed by atoms with Gasteiger partial charge >= 0.3 is 0 Å². The molecule has 5 heteroatoms. The van der Waals surface area contributed by atoms with E-state index in [9.17, 15) is 0 Å². The van der Waals surface area contributed by atoms with Crippen molar-refractivity contribution in [2.24, 2.45) is 0 Å². The average Bonchev–Trinajstić information content (AvgIpc) is 2.63. The molecule has 1 unspecified atom stereocenters. The highest BCUT2D eigenvalue weighted by Crippen LogP contribution is 2.35. The number of piperazine rings is 1. The molecule has 2 aliphatic rings. The SMILES string of the molecule is c1cc(CN2CCNCC2c2ccncc2)c2c(c1)OCCO2. The van der Waals surface area contributed by atoms with Crippen LogP contribution in [0.1, 0.15) is 17.2 Å². The maximum absolute atomic E-state index is 5.86. The zero-order valence-electron chi connectivity index (χ0n) is 13.1. The van der Waals surface area contributed by atoms with Gasteiger partial charge in [0.25, 0.3) is 0 Å². The highest BCUT2D eigenvalue weighted by atomic mass is 16.6. The summed E-state index contributed by atoms with van der Waals surface area (Å²) < 4.78 is 11.6. The summed E-state index contributed by atoms with van der Waals surface area (Å²) in [7, 11) is 0. The zero-order chi connectivity index (χ0) is 15.5. The van der Waals surface area contributed by atoms with Crippen molar-refractivity contribution < 1.29 is 9.47 Å². The lowest BCUT2D eigenvalue weighted by Gasteiger charge is -2.37. The molecule has 120 valence electrons. The third kappa shape index (κ3) is 3.02. The van der Waals surface area contributed by atoms with Gasteiger partial charge in [0.1, 0.15) is 13.2 Å². The topological polar surface area (TPSA) is 46.6 Å². The molecule has 23 heavy (non-hydrogen) atoms. The predicted octanol–water partition coefficient (Wildman–Crippen LogP) is 2.00. The van der Waals surface area contributed by atoms with Crippen molar-refractivity contribution in [1.82, 2.24) is 15.2 Å². The van der Waals surface area contributed by atoms with Crippen LogP contribution in [0.15, 0.2) is 42.7 Å². The fourth-order valence-corrected chi connectivity index (χ4v) is 3.33. The molecule has 3 heterocycles. The van der Waals surface area contributed by atoms with Gasteiger partial charge in [0, 0.05) is 50.2 Å². The van der Waals surface area contributed by atoms with Crippen molar-refractivity contribution >= 4 is 0 Å². The Bertz CT molecular complexity index is 663. The lowest BCUT2D eigenvalue weighted by atomic mass is 10.0. The predicted molar refractivity (Wildman–Crippen MR) is 87.7 cm³/mol. The number of pyridine rings is 1. The Morgan fingerprint density at radius 3 is 2.91 bits per heavy atom. The summed E-state index contributed by atoms with van der Waals surface area (Å²) in [5.74, 6) is 1.77. The van der Waals surface area contributed by atoms with Crippen LogP contribution in [0.5, 0.6) is 11.5 Å². The number of fused-ring (bicyclic) bond motifs is 1. The number of nitrogens with one attached hydrogen (secondary N) is 1. The molecule has 0 radical (unpaired) electrons. The van der Waals surface area contributed by atoms with E-state index in [0.29, 0.717) is 19.3 Å². The maximum atomic E-state index is 5.86. The molecule has 0 aliphatic carbocycles. The number of para-hydroxylation sites is 1.